The van der Waals surface area contributed by atoms with Gasteiger partial charge in [0.2, 0.25) is 0 Å². The Morgan fingerprint density at radius 2 is 2.22 bits per heavy atom. The first kappa shape index (κ1) is 14.8. The van der Waals surface area contributed by atoms with Crippen LogP contribution in [-0.2, 0) is 0 Å². The number of rotatable bonds is 4. The smallest absolute Gasteiger partial charge is 0.253 e. The van der Waals surface area contributed by atoms with Crippen molar-refractivity contribution in [3.63, 3.8) is 0 Å². The zero-order chi connectivity index (χ0) is 15.9. The van der Waals surface area contributed by atoms with E-state index in [2.05, 4.69) is 0 Å². The molecule has 23 heavy (non-hydrogen) atoms. The summed E-state index contributed by atoms with van der Waals surface area (Å²) in [5.41, 5.74) is 1.42. The fourth-order valence-electron chi connectivity index (χ4n) is 3.96. The second kappa shape index (κ2) is 5.68. The van der Waals surface area contributed by atoms with Gasteiger partial charge in [0, 0.05) is 29.5 Å². The molecule has 122 valence electrons. The molecule has 2 fully saturated rings. The van der Waals surface area contributed by atoms with Gasteiger partial charge in [0.25, 0.3) is 5.91 Å². The number of likely N-dealkylation sites (tertiary alicyclic amines) is 1. The van der Waals surface area contributed by atoms with Gasteiger partial charge >= 0.3 is 0 Å². The molecule has 2 heterocycles. The predicted octanol–water partition coefficient (Wildman–Crippen LogP) is 3.45. The molecule has 1 aromatic carbocycles. The van der Waals surface area contributed by atoms with Crippen LogP contribution in [0.25, 0.3) is 11.0 Å². The van der Waals surface area contributed by atoms with Crippen molar-refractivity contribution >= 4 is 16.9 Å². The lowest BCUT2D eigenvalue weighted by Gasteiger charge is -2.42. The number of amides is 1. The van der Waals surface area contributed by atoms with Gasteiger partial charge in [-0.05, 0) is 49.4 Å². The van der Waals surface area contributed by atoms with Crippen LogP contribution in [0.15, 0.2) is 34.9 Å². The molecule has 1 aliphatic carbocycles. The summed E-state index contributed by atoms with van der Waals surface area (Å²) in [4.78, 5) is 14.8. The molecule has 1 amide bonds. The minimum Gasteiger partial charge on any atom is -0.464 e. The van der Waals surface area contributed by atoms with Crippen LogP contribution < -0.4 is 0 Å². The van der Waals surface area contributed by atoms with Crippen LogP contribution in [0.2, 0.25) is 0 Å². The van der Waals surface area contributed by atoms with Crippen molar-refractivity contribution in [3.8, 4) is 0 Å². The number of hydrogen-bond acceptors (Lipinski definition) is 3. The second-order valence-electron chi connectivity index (χ2n) is 7.31. The van der Waals surface area contributed by atoms with Crippen LogP contribution in [0.5, 0.6) is 0 Å². The van der Waals surface area contributed by atoms with E-state index in [1.54, 1.807) is 6.26 Å². The summed E-state index contributed by atoms with van der Waals surface area (Å²) in [6.07, 6.45) is 7.29. The van der Waals surface area contributed by atoms with Crippen LogP contribution in [0.3, 0.4) is 0 Å². The molecule has 1 atom stereocenters. The number of nitrogens with zero attached hydrogens (tertiary/aromatic N) is 1. The topological polar surface area (TPSA) is 53.7 Å². The highest BCUT2D eigenvalue weighted by Gasteiger charge is 2.41. The van der Waals surface area contributed by atoms with Crippen molar-refractivity contribution in [3.05, 3.63) is 36.1 Å². The van der Waals surface area contributed by atoms with Crippen molar-refractivity contribution in [1.29, 1.82) is 0 Å². The van der Waals surface area contributed by atoms with E-state index < -0.39 is 0 Å². The van der Waals surface area contributed by atoms with Crippen LogP contribution >= 0.6 is 0 Å². The van der Waals surface area contributed by atoms with Gasteiger partial charge in [0.1, 0.15) is 5.58 Å². The van der Waals surface area contributed by atoms with Crippen molar-refractivity contribution in [1.82, 2.24) is 4.90 Å². The fourth-order valence-corrected chi connectivity index (χ4v) is 3.96. The molecule has 1 aliphatic heterocycles. The van der Waals surface area contributed by atoms with E-state index in [4.69, 9.17) is 4.42 Å². The van der Waals surface area contributed by atoms with Gasteiger partial charge in [-0.15, -0.1) is 0 Å². The van der Waals surface area contributed by atoms with Gasteiger partial charge in [-0.3, -0.25) is 4.79 Å². The summed E-state index contributed by atoms with van der Waals surface area (Å²) in [5.74, 6) is 0.834. The highest BCUT2D eigenvalue weighted by molar-refractivity contribution is 5.97. The summed E-state index contributed by atoms with van der Waals surface area (Å²) in [5, 5.41) is 10.9. The number of aliphatic hydroxyl groups excluding tert-OH is 1. The van der Waals surface area contributed by atoms with Crippen LogP contribution in [0, 0.1) is 11.3 Å². The van der Waals surface area contributed by atoms with E-state index >= 15 is 0 Å². The number of benzene rings is 1. The number of furan rings is 1. The molecule has 0 bridgehead atoms. The summed E-state index contributed by atoms with van der Waals surface area (Å²) < 4.78 is 5.34. The molecule has 0 radical (unpaired) electrons. The zero-order valence-corrected chi connectivity index (χ0v) is 13.3. The molecule has 1 N–H and O–H groups in total. The van der Waals surface area contributed by atoms with Gasteiger partial charge in [-0.2, -0.15) is 0 Å². The average Bonchev–Trinajstić information content (AvgIpc) is 3.26. The van der Waals surface area contributed by atoms with Crippen LogP contribution in [0.4, 0.5) is 0 Å². The number of aliphatic hydroxyl groups is 1. The van der Waals surface area contributed by atoms with Gasteiger partial charge in [0.15, 0.2) is 0 Å². The Labute approximate surface area is 136 Å². The Bertz CT molecular complexity index is 718. The van der Waals surface area contributed by atoms with Crippen molar-refractivity contribution in [2.45, 2.75) is 32.1 Å². The monoisotopic (exact) mass is 313 g/mol. The molecule has 2 aliphatic rings. The van der Waals surface area contributed by atoms with Gasteiger partial charge < -0.3 is 14.4 Å². The van der Waals surface area contributed by atoms with Crippen molar-refractivity contribution in [2.75, 3.05) is 19.7 Å². The molecule has 4 heteroatoms. The zero-order valence-electron chi connectivity index (χ0n) is 13.3. The minimum atomic E-state index is -0.0885. The Morgan fingerprint density at radius 1 is 1.35 bits per heavy atom. The first-order valence-electron chi connectivity index (χ1n) is 8.57. The predicted molar refractivity (Wildman–Crippen MR) is 88.2 cm³/mol. The lowest BCUT2D eigenvalue weighted by atomic mass is 9.76. The number of piperidine rings is 1. The normalized spacial score (nSPS) is 25.0. The van der Waals surface area contributed by atoms with E-state index in [0.717, 1.165) is 42.7 Å². The third-order valence-corrected chi connectivity index (χ3v) is 5.40. The SMILES string of the molecule is O=C(c1ccc2occc2c1)N1CCCC(CO)(CC2CC2)C1. The first-order chi connectivity index (χ1) is 11.2. The molecule has 4 nitrogen and oxygen atoms in total. The summed E-state index contributed by atoms with van der Waals surface area (Å²) in [7, 11) is 0. The highest BCUT2D eigenvalue weighted by Crippen LogP contribution is 2.44. The molecule has 1 aromatic heterocycles. The van der Waals surface area contributed by atoms with Crippen LogP contribution in [0.1, 0.15) is 42.5 Å². The molecule has 1 saturated carbocycles. The number of carbonyl (C=O) groups is 1. The summed E-state index contributed by atoms with van der Waals surface area (Å²) >= 11 is 0. The Hall–Kier alpha value is -1.81. The van der Waals surface area contributed by atoms with E-state index in [9.17, 15) is 9.90 Å². The number of hydrogen-bond donors (Lipinski definition) is 1. The average molecular weight is 313 g/mol. The molecule has 1 saturated heterocycles. The molecular formula is C19H23NO3. The Morgan fingerprint density at radius 3 is 3.00 bits per heavy atom. The third-order valence-electron chi connectivity index (χ3n) is 5.40. The Balaban J connectivity index is 1.54. The summed E-state index contributed by atoms with van der Waals surface area (Å²) in [6.45, 7) is 1.66. The maximum atomic E-state index is 12.9. The molecule has 0 spiro atoms. The van der Waals surface area contributed by atoms with Crippen LogP contribution in [-0.4, -0.2) is 35.6 Å². The Kier molecular flexibility index (Phi) is 3.64. The molecule has 2 aromatic rings. The van der Waals surface area contributed by atoms with E-state index in [-0.39, 0.29) is 17.9 Å². The lowest BCUT2D eigenvalue weighted by Crippen LogP contribution is -2.48. The largest absolute Gasteiger partial charge is 0.464 e. The molecule has 1 unspecified atom stereocenters. The standard InChI is InChI=1S/C19H23NO3/c21-13-19(11-14-2-3-14)7-1-8-20(12-19)18(22)16-4-5-17-15(10-16)6-9-23-17/h4-6,9-10,14,21H,1-3,7-8,11-13H2. The van der Waals surface area contributed by atoms with Crippen molar-refractivity contribution < 1.29 is 14.3 Å². The van der Waals surface area contributed by atoms with E-state index in [0.29, 0.717) is 12.1 Å². The maximum absolute atomic E-state index is 12.9. The van der Waals surface area contributed by atoms with Crippen molar-refractivity contribution in [2.24, 2.45) is 11.3 Å². The van der Waals surface area contributed by atoms with E-state index in [1.165, 1.54) is 12.8 Å². The highest BCUT2D eigenvalue weighted by atomic mass is 16.3. The maximum Gasteiger partial charge on any atom is 0.253 e. The summed E-state index contributed by atoms with van der Waals surface area (Å²) in [6, 6.07) is 7.48. The van der Waals surface area contributed by atoms with Gasteiger partial charge in [-0.25, -0.2) is 0 Å². The first-order valence-corrected chi connectivity index (χ1v) is 8.57. The van der Waals surface area contributed by atoms with Gasteiger partial charge in [0.05, 0.1) is 12.9 Å². The number of carbonyl (C=O) groups excluding carboxylic acids is 1. The minimum absolute atomic E-state index is 0.0708. The molecular weight excluding hydrogens is 290 g/mol. The fraction of sp³-hybridized carbons (Fsp3) is 0.526. The van der Waals surface area contributed by atoms with E-state index in [1.807, 2.05) is 29.2 Å². The lowest BCUT2D eigenvalue weighted by molar-refractivity contribution is 0.0196. The third kappa shape index (κ3) is 2.88. The number of fused-ring (bicyclic) bond motifs is 1. The quantitative estimate of drug-likeness (QED) is 0.940. The molecule has 4 rings (SSSR count). The van der Waals surface area contributed by atoms with Gasteiger partial charge in [-0.1, -0.05) is 12.8 Å². The second-order valence-corrected chi connectivity index (χ2v) is 7.31.